The second-order valence-corrected chi connectivity index (χ2v) is 8.05. The molecular formula is C20H16F2N4O4S. The number of benzene rings is 2. The van der Waals surface area contributed by atoms with Crippen LogP contribution in [0.2, 0.25) is 0 Å². The zero-order valence-corrected chi connectivity index (χ0v) is 17.2. The third kappa shape index (κ3) is 3.99. The van der Waals surface area contributed by atoms with Gasteiger partial charge in [0.25, 0.3) is 10.0 Å². The average Bonchev–Trinajstić information content (AvgIpc) is 3.18. The summed E-state index contributed by atoms with van der Waals surface area (Å²) in [4.78, 5) is 3.64. The van der Waals surface area contributed by atoms with Crippen LogP contribution in [0.15, 0.2) is 59.6 Å². The van der Waals surface area contributed by atoms with Gasteiger partial charge in [0.1, 0.15) is 22.3 Å². The molecule has 0 saturated heterocycles. The summed E-state index contributed by atoms with van der Waals surface area (Å²) in [6, 6.07) is 10.3. The number of fused-ring (bicyclic) bond motifs is 1. The van der Waals surface area contributed by atoms with Crippen molar-refractivity contribution in [3.8, 4) is 22.9 Å². The van der Waals surface area contributed by atoms with Gasteiger partial charge in [-0.3, -0.25) is 4.72 Å². The van der Waals surface area contributed by atoms with Gasteiger partial charge in [0.2, 0.25) is 5.88 Å². The number of sulfonamides is 1. The minimum atomic E-state index is -4.43. The molecule has 0 aliphatic heterocycles. The monoisotopic (exact) mass is 446 g/mol. The number of ether oxygens (including phenoxy) is 2. The van der Waals surface area contributed by atoms with Gasteiger partial charge in [0.05, 0.1) is 31.8 Å². The number of nitrogens with zero attached hydrogens (tertiary/aromatic N) is 3. The largest absolute Gasteiger partial charge is 0.495 e. The highest BCUT2D eigenvalue weighted by Gasteiger charge is 2.22. The van der Waals surface area contributed by atoms with Crippen LogP contribution in [-0.2, 0) is 10.0 Å². The predicted molar refractivity (Wildman–Crippen MR) is 109 cm³/mol. The minimum Gasteiger partial charge on any atom is -0.495 e. The molecule has 0 radical (unpaired) electrons. The predicted octanol–water partition coefficient (Wildman–Crippen LogP) is 3.49. The van der Waals surface area contributed by atoms with Crippen molar-refractivity contribution in [2.24, 2.45) is 0 Å². The Morgan fingerprint density at radius 3 is 2.55 bits per heavy atom. The standard InChI is InChI=1S/C20H16F2N4O4S/c1-29-17-6-3-12(16-11-26-19(23-16)7-8-20(24-26)30-2)9-15(17)25-31(27,28)18-10-13(21)4-5-14(18)22/h3-11,25H,1-2H3. The van der Waals surface area contributed by atoms with E-state index in [1.165, 1.54) is 30.9 Å². The lowest BCUT2D eigenvalue weighted by molar-refractivity contribution is 0.390. The molecule has 2 heterocycles. The molecule has 1 N–H and O–H groups in total. The fourth-order valence-corrected chi connectivity index (χ4v) is 4.09. The molecule has 0 unspecified atom stereocenters. The Morgan fingerprint density at radius 2 is 1.81 bits per heavy atom. The summed E-state index contributed by atoms with van der Waals surface area (Å²) in [7, 11) is -1.58. The molecule has 11 heteroatoms. The van der Waals surface area contributed by atoms with Crippen LogP contribution in [0.3, 0.4) is 0 Å². The highest BCUT2D eigenvalue weighted by atomic mass is 32.2. The molecule has 0 fully saturated rings. The summed E-state index contributed by atoms with van der Waals surface area (Å²) >= 11 is 0. The van der Waals surface area contributed by atoms with Crippen LogP contribution in [0, 0.1) is 11.6 Å². The number of methoxy groups -OCH3 is 2. The van der Waals surface area contributed by atoms with Crippen molar-refractivity contribution < 1.29 is 26.7 Å². The Balaban J connectivity index is 1.75. The maximum absolute atomic E-state index is 14.0. The van der Waals surface area contributed by atoms with Gasteiger partial charge in [-0.2, -0.15) is 0 Å². The number of anilines is 1. The van der Waals surface area contributed by atoms with Crippen molar-refractivity contribution in [1.82, 2.24) is 14.6 Å². The first kappa shape index (κ1) is 20.5. The zero-order valence-electron chi connectivity index (χ0n) is 16.3. The normalized spacial score (nSPS) is 11.5. The van der Waals surface area contributed by atoms with E-state index < -0.39 is 26.6 Å². The first-order valence-electron chi connectivity index (χ1n) is 8.87. The van der Waals surface area contributed by atoms with Crippen molar-refractivity contribution in [2.75, 3.05) is 18.9 Å². The molecule has 2 aromatic carbocycles. The van der Waals surface area contributed by atoms with Crippen molar-refractivity contribution in [3.05, 3.63) is 66.4 Å². The van der Waals surface area contributed by atoms with Crippen molar-refractivity contribution in [3.63, 3.8) is 0 Å². The third-order valence-electron chi connectivity index (χ3n) is 4.43. The van der Waals surface area contributed by atoms with Crippen LogP contribution in [-0.4, -0.2) is 37.2 Å². The van der Waals surface area contributed by atoms with E-state index in [0.29, 0.717) is 28.9 Å². The van der Waals surface area contributed by atoms with Crippen LogP contribution in [0.4, 0.5) is 14.5 Å². The van der Waals surface area contributed by atoms with E-state index in [4.69, 9.17) is 9.47 Å². The number of halogens is 2. The van der Waals surface area contributed by atoms with E-state index in [0.717, 1.165) is 12.1 Å². The van der Waals surface area contributed by atoms with E-state index in [9.17, 15) is 17.2 Å². The summed E-state index contributed by atoms with van der Waals surface area (Å²) in [6.45, 7) is 0. The maximum Gasteiger partial charge on any atom is 0.265 e. The Hall–Kier alpha value is -3.73. The number of imidazole rings is 1. The second-order valence-electron chi connectivity index (χ2n) is 6.40. The molecule has 0 aliphatic carbocycles. The van der Waals surface area contributed by atoms with Crippen LogP contribution in [0.5, 0.6) is 11.6 Å². The number of aromatic nitrogens is 3. The molecular weight excluding hydrogens is 430 g/mol. The SMILES string of the molecule is COc1ccc2nc(-c3ccc(OC)c(NS(=O)(=O)c4cc(F)ccc4F)c3)cn2n1. The lowest BCUT2D eigenvalue weighted by Crippen LogP contribution is -2.15. The molecule has 4 aromatic rings. The molecule has 8 nitrogen and oxygen atoms in total. The van der Waals surface area contributed by atoms with Crippen LogP contribution in [0.25, 0.3) is 16.9 Å². The molecule has 2 aromatic heterocycles. The first-order chi connectivity index (χ1) is 14.8. The van der Waals surface area contributed by atoms with Crippen LogP contribution in [0.1, 0.15) is 0 Å². The number of hydrogen-bond acceptors (Lipinski definition) is 6. The molecule has 0 saturated carbocycles. The summed E-state index contributed by atoms with van der Waals surface area (Å²) in [6.07, 6.45) is 1.64. The molecule has 0 bridgehead atoms. The van der Waals surface area contributed by atoms with Gasteiger partial charge in [-0.05, 0) is 42.5 Å². The van der Waals surface area contributed by atoms with E-state index in [2.05, 4.69) is 14.8 Å². The summed E-state index contributed by atoms with van der Waals surface area (Å²) in [5, 5.41) is 4.23. The zero-order chi connectivity index (χ0) is 22.2. The Morgan fingerprint density at radius 1 is 1.00 bits per heavy atom. The topological polar surface area (TPSA) is 94.8 Å². The average molecular weight is 446 g/mol. The Bertz CT molecular complexity index is 1390. The van der Waals surface area contributed by atoms with Crippen molar-refractivity contribution in [2.45, 2.75) is 4.90 Å². The minimum absolute atomic E-state index is 0.0336. The molecule has 0 atom stereocenters. The van der Waals surface area contributed by atoms with Gasteiger partial charge in [-0.1, -0.05) is 0 Å². The van der Waals surface area contributed by atoms with Crippen molar-refractivity contribution in [1.29, 1.82) is 0 Å². The lowest BCUT2D eigenvalue weighted by Gasteiger charge is -2.13. The molecule has 0 amide bonds. The number of nitrogens with one attached hydrogen (secondary N) is 1. The fourth-order valence-electron chi connectivity index (χ4n) is 2.94. The lowest BCUT2D eigenvalue weighted by atomic mass is 10.1. The molecule has 31 heavy (non-hydrogen) atoms. The fraction of sp³-hybridized carbons (Fsp3) is 0.100. The van der Waals surface area contributed by atoms with E-state index in [1.54, 1.807) is 24.4 Å². The molecule has 160 valence electrons. The quantitative estimate of drug-likeness (QED) is 0.487. The Kier molecular flexibility index (Phi) is 5.19. The van der Waals surface area contributed by atoms with E-state index >= 15 is 0 Å². The van der Waals surface area contributed by atoms with Gasteiger partial charge in [0.15, 0.2) is 5.65 Å². The third-order valence-corrected chi connectivity index (χ3v) is 5.81. The van der Waals surface area contributed by atoms with Gasteiger partial charge in [-0.15, -0.1) is 5.10 Å². The van der Waals surface area contributed by atoms with E-state index in [-0.39, 0.29) is 11.4 Å². The number of hydrogen-bond donors (Lipinski definition) is 1. The van der Waals surface area contributed by atoms with Crippen LogP contribution < -0.4 is 14.2 Å². The van der Waals surface area contributed by atoms with Gasteiger partial charge >= 0.3 is 0 Å². The summed E-state index contributed by atoms with van der Waals surface area (Å²) in [5.74, 6) is -1.37. The smallest absolute Gasteiger partial charge is 0.265 e. The highest BCUT2D eigenvalue weighted by Crippen LogP contribution is 2.32. The molecule has 0 spiro atoms. The Labute approximate surface area is 176 Å². The maximum atomic E-state index is 14.0. The van der Waals surface area contributed by atoms with Gasteiger partial charge in [0, 0.05) is 11.6 Å². The summed E-state index contributed by atoms with van der Waals surface area (Å²) < 4.78 is 67.0. The van der Waals surface area contributed by atoms with Gasteiger partial charge < -0.3 is 9.47 Å². The molecule has 0 aliphatic rings. The first-order valence-corrected chi connectivity index (χ1v) is 10.4. The highest BCUT2D eigenvalue weighted by molar-refractivity contribution is 7.92. The van der Waals surface area contributed by atoms with Gasteiger partial charge in [-0.25, -0.2) is 26.7 Å². The van der Waals surface area contributed by atoms with Crippen LogP contribution >= 0.6 is 0 Å². The van der Waals surface area contributed by atoms with Crippen molar-refractivity contribution >= 4 is 21.4 Å². The summed E-state index contributed by atoms with van der Waals surface area (Å²) in [5.41, 5.74) is 1.63. The second kappa shape index (κ2) is 7.84. The number of rotatable bonds is 6. The van der Waals surface area contributed by atoms with E-state index in [1.807, 2.05) is 0 Å². The molecule has 4 rings (SSSR count).